The van der Waals surface area contributed by atoms with Gasteiger partial charge in [0, 0.05) is 42.7 Å². The maximum absolute atomic E-state index is 13.0. The second kappa shape index (κ2) is 6.93. The Morgan fingerprint density at radius 1 is 1.16 bits per heavy atom. The van der Waals surface area contributed by atoms with Gasteiger partial charge in [-0.3, -0.25) is 4.79 Å². The monoisotopic (exact) mass is 380 g/mol. The molecule has 25 heavy (non-hydrogen) atoms. The Labute approximate surface area is 153 Å². The van der Waals surface area contributed by atoms with Gasteiger partial charge in [0.1, 0.15) is 0 Å². The lowest BCUT2D eigenvalue weighted by molar-refractivity contribution is 0.0733. The first-order chi connectivity index (χ1) is 12.1. The highest BCUT2D eigenvalue weighted by Gasteiger charge is 2.38. The summed E-state index contributed by atoms with van der Waals surface area (Å²) in [7, 11) is -3.51. The van der Waals surface area contributed by atoms with Crippen LogP contribution in [-0.2, 0) is 10.0 Å². The quantitative estimate of drug-likeness (QED) is 0.808. The molecule has 2 atom stereocenters. The maximum Gasteiger partial charge on any atom is 0.254 e. The molecule has 136 valence electrons. The van der Waals surface area contributed by atoms with Crippen molar-refractivity contribution in [2.24, 2.45) is 5.92 Å². The average Bonchev–Trinajstić information content (AvgIpc) is 2.95. The van der Waals surface area contributed by atoms with Crippen molar-refractivity contribution in [2.75, 3.05) is 31.1 Å². The number of nitrogens with zero attached hydrogens (tertiary/aromatic N) is 2. The smallest absolute Gasteiger partial charge is 0.254 e. The minimum Gasteiger partial charge on any atom is -0.335 e. The van der Waals surface area contributed by atoms with E-state index in [4.69, 9.17) is 0 Å². The Morgan fingerprint density at radius 2 is 1.96 bits per heavy atom. The van der Waals surface area contributed by atoms with Crippen molar-refractivity contribution in [2.45, 2.75) is 36.6 Å². The van der Waals surface area contributed by atoms with Crippen LogP contribution in [0.25, 0.3) is 0 Å². The zero-order valence-electron chi connectivity index (χ0n) is 14.3. The first-order valence-corrected chi connectivity index (χ1v) is 11.6. The highest BCUT2D eigenvalue weighted by atomic mass is 32.2. The molecular formula is C18H24N2O3S2. The predicted octanol–water partition coefficient (Wildman–Crippen LogP) is 2.44. The number of benzene rings is 1. The SMILES string of the molecule is O=C(c1cccc(S(=O)(=O)N2CCSCC2)c1)N1C[C@@H]2CCC[C@H]1C2. The van der Waals surface area contributed by atoms with E-state index in [-0.39, 0.29) is 10.8 Å². The third-order valence-corrected chi connectivity index (χ3v) is 8.44. The van der Waals surface area contributed by atoms with E-state index in [1.807, 2.05) is 4.90 Å². The third kappa shape index (κ3) is 3.34. The highest BCUT2D eigenvalue weighted by molar-refractivity contribution is 7.99. The van der Waals surface area contributed by atoms with Gasteiger partial charge in [-0.15, -0.1) is 0 Å². The second-order valence-corrected chi connectivity index (χ2v) is 10.4. The van der Waals surface area contributed by atoms with Crippen LogP contribution in [0.1, 0.15) is 36.0 Å². The molecule has 2 saturated heterocycles. The van der Waals surface area contributed by atoms with Gasteiger partial charge in [0.25, 0.3) is 5.91 Å². The van der Waals surface area contributed by atoms with Crippen molar-refractivity contribution in [1.29, 1.82) is 0 Å². The predicted molar refractivity (Wildman–Crippen MR) is 99.3 cm³/mol. The Hall–Kier alpha value is -1.05. The first-order valence-electron chi connectivity index (χ1n) is 9.04. The summed E-state index contributed by atoms with van der Waals surface area (Å²) in [6.07, 6.45) is 4.59. The van der Waals surface area contributed by atoms with E-state index in [1.54, 1.807) is 36.0 Å². The lowest BCUT2D eigenvalue weighted by Crippen LogP contribution is -2.38. The number of likely N-dealkylation sites (tertiary alicyclic amines) is 1. The molecule has 2 aliphatic heterocycles. The molecule has 2 heterocycles. The van der Waals surface area contributed by atoms with Crippen LogP contribution in [0.3, 0.4) is 0 Å². The summed E-state index contributed by atoms with van der Waals surface area (Å²) in [5.41, 5.74) is 0.500. The van der Waals surface area contributed by atoms with Gasteiger partial charge in [-0.2, -0.15) is 16.1 Å². The molecule has 1 amide bonds. The standard InChI is InChI=1S/C18H24N2O3S2/c21-18(20-13-14-3-1-5-16(20)11-14)15-4-2-6-17(12-15)25(22,23)19-7-9-24-10-8-19/h2,4,6,12,14,16H,1,3,5,7-11,13H2/t14-,16+/m1/s1. The van der Waals surface area contributed by atoms with Crippen molar-refractivity contribution in [3.8, 4) is 0 Å². The summed E-state index contributed by atoms with van der Waals surface area (Å²) in [4.78, 5) is 15.2. The largest absolute Gasteiger partial charge is 0.335 e. The third-order valence-electron chi connectivity index (χ3n) is 5.60. The number of thioether (sulfide) groups is 1. The molecule has 2 bridgehead atoms. The van der Waals surface area contributed by atoms with Gasteiger partial charge in [-0.25, -0.2) is 8.42 Å². The van der Waals surface area contributed by atoms with Crippen LogP contribution in [0.2, 0.25) is 0 Å². The summed E-state index contributed by atoms with van der Waals surface area (Å²) in [6, 6.07) is 6.96. The van der Waals surface area contributed by atoms with E-state index < -0.39 is 10.0 Å². The van der Waals surface area contributed by atoms with Gasteiger partial charge in [-0.1, -0.05) is 12.5 Å². The number of hydrogen-bond donors (Lipinski definition) is 0. The Kier molecular flexibility index (Phi) is 4.81. The Bertz CT molecular complexity index is 759. The van der Waals surface area contributed by atoms with Crippen LogP contribution in [0.5, 0.6) is 0 Å². The number of amides is 1. The van der Waals surface area contributed by atoms with E-state index in [1.165, 1.54) is 17.1 Å². The minimum atomic E-state index is -3.51. The molecule has 1 aliphatic carbocycles. The molecule has 0 radical (unpaired) electrons. The van der Waals surface area contributed by atoms with E-state index in [0.29, 0.717) is 30.6 Å². The van der Waals surface area contributed by atoms with Gasteiger partial charge in [0.05, 0.1) is 4.90 Å². The summed E-state index contributed by atoms with van der Waals surface area (Å²) in [5.74, 6) is 2.27. The number of carbonyl (C=O) groups excluding carboxylic acids is 1. The second-order valence-electron chi connectivity index (χ2n) is 7.19. The van der Waals surface area contributed by atoms with Crippen molar-refractivity contribution >= 4 is 27.7 Å². The molecule has 1 aromatic rings. The molecule has 0 spiro atoms. The van der Waals surface area contributed by atoms with E-state index >= 15 is 0 Å². The van der Waals surface area contributed by atoms with Gasteiger partial charge in [0.2, 0.25) is 10.0 Å². The lowest BCUT2D eigenvalue weighted by atomic mass is 9.90. The summed E-state index contributed by atoms with van der Waals surface area (Å²) in [6.45, 7) is 1.91. The van der Waals surface area contributed by atoms with Crippen LogP contribution in [0.4, 0.5) is 0 Å². The fraction of sp³-hybridized carbons (Fsp3) is 0.611. The zero-order chi connectivity index (χ0) is 17.4. The van der Waals surface area contributed by atoms with E-state index in [2.05, 4.69) is 0 Å². The zero-order valence-corrected chi connectivity index (χ0v) is 15.9. The molecule has 7 heteroatoms. The van der Waals surface area contributed by atoms with Gasteiger partial charge in [0.15, 0.2) is 0 Å². The number of fused-ring (bicyclic) bond motifs is 2. The lowest BCUT2D eigenvalue weighted by Gasteiger charge is -2.26. The summed E-state index contributed by atoms with van der Waals surface area (Å²) >= 11 is 1.78. The average molecular weight is 381 g/mol. The normalized spacial score (nSPS) is 27.4. The van der Waals surface area contributed by atoms with Gasteiger partial charge in [-0.05, 0) is 43.4 Å². The maximum atomic E-state index is 13.0. The van der Waals surface area contributed by atoms with Crippen molar-refractivity contribution in [3.63, 3.8) is 0 Å². The molecule has 0 unspecified atom stereocenters. The molecule has 1 saturated carbocycles. The minimum absolute atomic E-state index is 0.0133. The molecule has 3 aliphatic rings. The molecule has 4 rings (SSSR count). The van der Waals surface area contributed by atoms with Gasteiger partial charge < -0.3 is 4.90 Å². The number of rotatable bonds is 3. The van der Waals surface area contributed by atoms with Crippen LogP contribution in [0.15, 0.2) is 29.2 Å². The van der Waals surface area contributed by atoms with Gasteiger partial charge >= 0.3 is 0 Å². The van der Waals surface area contributed by atoms with Crippen molar-refractivity contribution in [1.82, 2.24) is 9.21 Å². The van der Waals surface area contributed by atoms with Crippen LogP contribution >= 0.6 is 11.8 Å². The fourth-order valence-electron chi connectivity index (χ4n) is 4.28. The van der Waals surface area contributed by atoms with E-state index in [0.717, 1.165) is 30.9 Å². The molecular weight excluding hydrogens is 356 g/mol. The summed E-state index contributed by atoms with van der Waals surface area (Å²) < 4.78 is 27.3. The number of hydrogen-bond acceptors (Lipinski definition) is 4. The summed E-state index contributed by atoms with van der Waals surface area (Å²) in [5, 5.41) is 0. The fourth-order valence-corrected chi connectivity index (χ4v) is 6.90. The highest BCUT2D eigenvalue weighted by Crippen LogP contribution is 2.36. The van der Waals surface area contributed by atoms with Crippen LogP contribution in [0, 0.1) is 5.92 Å². The van der Waals surface area contributed by atoms with Crippen molar-refractivity contribution < 1.29 is 13.2 Å². The number of carbonyl (C=O) groups is 1. The topological polar surface area (TPSA) is 57.7 Å². The number of sulfonamides is 1. The van der Waals surface area contributed by atoms with Crippen molar-refractivity contribution in [3.05, 3.63) is 29.8 Å². The van der Waals surface area contributed by atoms with Crippen LogP contribution < -0.4 is 0 Å². The van der Waals surface area contributed by atoms with E-state index in [9.17, 15) is 13.2 Å². The Balaban J connectivity index is 1.58. The Morgan fingerprint density at radius 3 is 2.72 bits per heavy atom. The molecule has 5 nitrogen and oxygen atoms in total. The van der Waals surface area contributed by atoms with Crippen LogP contribution in [-0.4, -0.2) is 60.7 Å². The first kappa shape index (κ1) is 17.4. The molecule has 0 N–H and O–H groups in total. The molecule has 0 aromatic heterocycles. The molecule has 3 fully saturated rings. The molecule has 1 aromatic carbocycles.